The van der Waals surface area contributed by atoms with Crippen molar-refractivity contribution in [3.63, 3.8) is 0 Å². The molecule has 0 amide bonds. The van der Waals surface area contributed by atoms with E-state index in [-0.39, 0.29) is 40.6 Å². The summed E-state index contributed by atoms with van der Waals surface area (Å²) in [6, 6.07) is 8.90. The Balaban J connectivity index is 1.82. The predicted molar refractivity (Wildman–Crippen MR) is 201 cm³/mol. The molecule has 5 N–H and O–H groups in total. The van der Waals surface area contributed by atoms with E-state index in [0.717, 1.165) is 6.07 Å². The Morgan fingerprint density at radius 1 is 0.833 bits per heavy atom. The smallest absolute Gasteiger partial charge is 0.335 e. The Kier molecular flexibility index (Phi) is 11.7. The van der Waals surface area contributed by atoms with Crippen LogP contribution in [0.2, 0.25) is 0 Å². The van der Waals surface area contributed by atoms with Gasteiger partial charge in [-0.15, -0.1) is 0 Å². The number of carboxylic acid groups (broad SMARTS) is 1. The van der Waals surface area contributed by atoms with E-state index in [0.29, 0.717) is 28.5 Å². The second-order valence-corrected chi connectivity index (χ2v) is 19.6. The zero-order valence-electron chi connectivity index (χ0n) is 29.7. The number of aromatic carboxylic acids is 1. The number of nitrogens with zero attached hydrogens (tertiary/aromatic N) is 1. The van der Waals surface area contributed by atoms with Crippen LogP contribution in [-0.4, -0.2) is 91.3 Å². The van der Waals surface area contributed by atoms with Crippen molar-refractivity contribution >= 4 is 68.6 Å². The van der Waals surface area contributed by atoms with Crippen molar-refractivity contribution in [2.24, 2.45) is 0 Å². The minimum absolute atomic E-state index is 0.0279. The van der Waals surface area contributed by atoms with Gasteiger partial charge in [0, 0.05) is 34.9 Å². The maximum Gasteiger partial charge on any atom is 0.335 e. The molecule has 0 radical (unpaired) electrons. The van der Waals surface area contributed by atoms with Gasteiger partial charge < -0.3 is 5.11 Å². The molecule has 1 unspecified atom stereocenters. The van der Waals surface area contributed by atoms with Crippen LogP contribution in [-0.2, 0) is 51.3 Å². The second-order valence-electron chi connectivity index (χ2n) is 13.7. The molecule has 292 valence electrons. The highest BCUT2D eigenvalue weighted by atomic mass is 32.2. The van der Waals surface area contributed by atoms with Gasteiger partial charge in [-0.1, -0.05) is 55.9 Å². The number of aryl methyl sites for hydroxylation is 1. The predicted octanol–water partition coefficient (Wildman–Crippen LogP) is 4.90. The highest BCUT2D eigenvalue weighted by Gasteiger charge is 2.50. The SMILES string of the molecule is C/C(=C/C=C/C=C/C1=[N+](CCCS(=O)(=O)O)c2ccc(C(=O)O)cc2C1(C)CS(=O)(=O)O)C(C)(C)c1c(C)ccc2c(S(=O)(=O)O)cc(S(=O)(=O)O)cc12. The van der Waals surface area contributed by atoms with Gasteiger partial charge in [0.1, 0.15) is 11.4 Å². The Morgan fingerprint density at radius 2 is 1.48 bits per heavy atom. The second kappa shape index (κ2) is 14.9. The summed E-state index contributed by atoms with van der Waals surface area (Å²) in [4.78, 5) is 10.4. The topological polar surface area (TPSA) is 258 Å². The standard InChI is InChI=1S/C35H39NO14S4/c1-22-12-14-26-27(19-25(53(45,46)47)20-30(26)54(48,49)50)32(22)34(3,4)23(2)10-7-6-8-11-31-35(5,21-52(42,43)44)28-18-24(33(37)38)13-15-29(28)36(31)16-9-17-51(39,40)41/h6-8,10-15,18-20H,9,16-17,21H2,1-5H3,(H4-,37,38,39,40,41,42,43,44,45,46,47,48,49,50)/p+1/b7-6+,11-8+,23-10-. The van der Waals surface area contributed by atoms with Crippen molar-refractivity contribution in [1.82, 2.24) is 0 Å². The van der Waals surface area contributed by atoms with Crippen LogP contribution in [0, 0.1) is 6.92 Å². The number of carbonyl (C=O) groups is 1. The molecular formula is C35H40NO14S4+. The normalized spacial score (nSPS) is 17.6. The third kappa shape index (κ3) is 9.23. The van der Waals surface area contributed by atoms with Gasteiger partial charge in [-0.05, 0) is 61.5 Å². The van der Waals surface area contributed by atoms with Crippen molar-refractivity contribution in [2.45, 2.75) is 61.7 Å². The maximum atomic E-state index is 12.3. The van der Waals surface area contributed by atoms with Crippen LogP contribution < -0.4 is 0 Å². The molecule has 0 saturated carbocycles. The van der Waals surface area contributed by atoms with Crippen molar-refractivity contribution in [1.29, 1.82) is 0 Å². The summed E-state index contributed by atoms with van der Waals surface area (Å²) in [5.41, 5.74) is 0.212. The van der Waals surface area contributed by atoms with Crippen molar-refractivity contribution in [3.8, 4) is 0 Å². The minimum Gasteiger partial charge on any atom is -0.478 e. The van der Waals surface area contributed by atoms with Gasteiger partial charge in [-0.3, -0.25) is 18.2 Å². The molecule has 3 aromatic carbocycles. The molecule has 1 aliphatic heterocycles. The van der Waals surface area contributed by atoms with E-state index in [2.05, 4.69) is 0 Å². The molecule has 0 bridgehead atoms. The summed E-state index contributed by atoms with van der Waals surface area (Å²) in [5, 5.41) is 9.83. The first-order chi connectivity index (χ1) is 24.6. The van der Waals surface area contributed by atoms with E-state index in [1.54, 1.807) is 62.6 Å². The fourth-order valence-electron chi connectivity index (χ4n) is 6.84. The summed E-state index contributed by atoms with van der Waals surface area (Å²) < 4.78 is 137. The fraction of sp³-hybridized carbons (Fsp3) is 0.314. The molecule has 0 aliphatic carbocycles. The van der Waals surface area contributed by atoms with Gasteiger partial charge >= 0.3 is 5.97 Å². The Labute approximate surface area is 314 Å². The zero-order valence-corrected chi connectivity index (χ0v) is 33.0. The minimum atomic E-state index is -4.92. The summed E-state index contributed by atoms with van der Waals surface area (Å²) in [5.74, 6) is -2.73. The van der Waals surface area contributed by atoms with E-state index in [1.807, 2.05) is 0 Å². The van der Waals surface area contributed by atoms with Crippen LogP contribution in [0.1, 0.15) is 61.2 Å². The van der Waals surface area contributed by atoms with E-state index >= 15 is 0 Å². The molecule has 1 aliphatic rings. The van der Waals surface area contributed by atoms with Crippen molar-refractivity contribution in [3.05, 3.63) is 101 Å². The van der Waals surface area contributed by atoms with Crippen LogP contribution in [0.4, 0.5) is 5.69 Å². The number of fused-ring (bicyclic) bond motifs is 2. The van der Waals surface area contributed by atoms with Gasteiger partial charge in [0.2, 0.25) is 5.69 Å². The summed E-state index contributed by atoms with van der Waals surface area (Å²) >= 11 is 0. The summed E-state index contributed by atoms with van der Waals surface area (Å²) in [6.07, 6.45) is 7.94. The molecule has 0 fully saturated rings. The van der Waals surface area contributed by atoms with E-state index in [1.165, 1.54) is 37.3 Å². The third-order valence-corrected chi connectivity index (χ3v) is 13.0. The number of hydrogen-bond acceptors (Lipinski definition) is 9. The van der Waals surface area contributed by atoms with Gasteiger partial charge in [-0.2, -0.15) is 38.2 Å². The molecule has 0 spiro atoms. The molecular weight excluding hydrogens is 787 g/mol. The lowest BCUT2D eigenvalue weighted by Crippen LogP contribution is -2.38. The third-order valence-electron chi connectivity index (χ3n) is 9.53. The molecule has 0 aromatic heterocycles. The monoisotopic (exact) mass is 826 g/mol. The first-order valence-corrected chi connectivity index (χ1v) is 22.2. The Morgan fingerprint density at radius 3 is 2.04 bits per heavy atom. The molecule has 15 nitrogen and oxygen atoms in total. The molecule has 0 saturated heterocycles. The van der Waals surface area contributed by atoms with Gasteiger partial charge in [-0.25, -0.2) is 4.79 Å². The highest BCUT2D eigenvalue weighted by molar-refractivity contribution is 7.87. The van der Waals surface area contributed by atoms with Gasteiger partial charge in [0.25, 0.3) is 40.5 Å². The van der Waals surface area contributed by atoms with Crippen LogP contribution in [0.15, 0.2) is 88.2 Å². The number of rotatable bonds is 14. The molecule has 19 heteroatoms. The van der Waals surface area contributed by atoms with E-state index < -0.39 is 78.6 Å². The quantitative estimate of drug-likeness (QED) is 0.0823. The van der Waals surface area contributed by atoms with Crippen LogP contribution in [0.5, 0.6) is 0 Å². The summed E-state index contributed by atoms with van der Waals surface area (Å²) in [7, 11) is -18.8. The van der Waals surface area contributed by atoms with Crippen molar-refractivity contribution < 1.29 is 66.4 Å². The van der Waals surface area contributed by atoms with Gasteiger partial charge in [0.05, 0.1) is 27.4 Å². The van der Waals surface area contributed by atoms with E-state index in [4.69, 9.17) is 0 Å². The van der Waals surface area contributed by atoms with Crippen LogP contribution >= 0.6 is 0 Å². The maximum absolute atomic E-state index is 12.3. The lowest BCUT2D eigenvalue weighted by atomic mass is 9.74. The Hall–Kier alpha value is -4.08. The number of benzene rings is 3. The van der Waals surface area contributed by atoms with Crippen molar-refractivity contribution in [2.75, 3.05) is 18.1 Å². The average molecular weight is 827 g/mol. The van der Waals surface area contributed by atoms with Gasteiger partial charge in [0.15, 0.2) is 5.71 Å². The first-order valence-electron chi connectivity index (χ1n) is 16.1. The van der Waals surface area contributed by atoms with Crippen LogP contribution in [0.3, 0.4) is 0 Å². The molecule has 1 heterocycles. The van der Waals surface area contributed by atoms with Crippen LogP contribution in [0.25, 0.3) is 10.8 Å². The van der Waals surface area contributed by atoms with E-state index in [9.17, 15) is 61.8 Å². The lowest BCUT2D eigenvalue weighted by Gasteiger charge is -2.30. The molecule has 3 aromatic rings. The largest absolute Gasteiger partial charge is 0.478 e. The first kappa shape index (κ1) is 42.7. The summed E-state index contributed by atoms with van der Waals surface area (Å²) in [6.45, 7) is 8.58. The Bertz CT molecular complexity index is 2640. The molecule has 1 atom stereocenters. The number of carboxylic acids is 1. The lowest BCUT2D eigenvalue weighted by molar-refractivity contribution is -0.437. The number of hydrogen-bond donors (Lipinski definition) is 5. The number of allylic oxidation sites excluding steroid dienone is 6. The fourth-order valence-corrected chi connectivity index (χ4v) is 9.71. The molecule has 54 heavy (non-hydrogen) atoms. The molecule has 4 rings (SSSR count). The average Bonchev–Trinajstić information content (AvgIpc) is 3.23. The zero-order chi connectivity index (χ0) is 40.8. The highest BCUT2D eigenvalue weighted by Crippen LogP contribution is 2.43.